The second-order valence-corrected chi connectivity index (χ2v) is 4.72. The number of nitrogens with zero attached hydrogens (tertiary/aromatic N) is 1. The Labute approximate surface area is 119 Å². The van der Waals surface area contributed by atoms with Gasteiger partial charge in [0.2, 0.25) is 0 Å². The highest BCUT2D eigenvalue weighted by Crippen LogP contribution is 2.35. The first kappa shape index (κ1) is 12.7. The molecule has 0 amide bonds. The zero-order valence-corrected chi connectivity index (χ0v) is 11.0. The van der Waals surface area contributed by atoms with Crippen LogP contribution in [0.5, 0.6) is 5.75 Å². The largest absolute Gasteiger partial charge is 0.506 e. The van der Waals surface area contributed by atoms with Crippen LogP contribution in [0, 0.1) is 5.82 Å². The molecule has 3 nitrogen and oxygen atoms in total. The highest BCUT2D eigenvalue weighted by atomic mass is 35.5. The lowest BCUT2D eigenvalue weighted by atomic mass is 10.1. The molecule has 0 aliphatic carbocycles. The molecule has 5 heteroatoms. The van der Waals surface area contributed by atoms with Crippen molar-refractivity contribution < 1.29 is 9.50 Å². The Morgan fingerprint density at radius 3 is 2.60 bits per heavy atom. The molecule has 0 fully saturated rings. The number of H-pyrrole nitrogens is 1. The summed E-state index contributed by atoms with van der Waals surface area (Å²) in [5.41, 5.74) is 2.66. The molecule has 0 radical (unpaired) electrons. The van der Waals surface area contributed by atoms with Crippen LogP contribution >= 0.6 is 11.6 Å². The number of aromatic nitrogens is 2. The van der Waals surface area contributed by atoms with Gasteiger partial charge in [-0.25, -0.2) is 4.39 Å². The van der Waals surface area contributed by atoms with Crippen LogP contribution in [0.2, 0.25) is 5.02 Å². The number of phenolic OH excluding ortho intramolecular Hbond substituents is 1. The predicted molar refractivity (Wildman–Crippen MR) is 76.1 cm³/mol. The van der Waals surface area contributed by atoms with Crippen molar-refractivity contribution in [3.8, 4) is 28.3 Å². The van der Waals surface area contributed by atoms with Gasteiger partial charge < -0.3 is 5.11 Å². The topological polar surface area (TPSA) is 48.9 Å². The summed E-state index contributed by atoms with van der Waals surface area (Å²) in [6.45, 7) is 0. The van der Waals surface area contributed by atoms with Crippen LogP contribution in [-0.2, 0) is 0 Å². The SMILES string of the molecule is Oc1c(Cl)cccc1-c1cc(-c2ccc(F)cc2)n[nH]1. The highest BCUT2D eigenvalue weighted by Gasteiger charge is 2.11. The van der Waals surface area contributed by atoms with E-state index in [1.54, 1.807) is 36.4 Å². The molecule has 0 saturated heterocycles. The summed E-state index contributed by atoms with van der Waals surface area (Å²) in [6.07, 6.45) is 0. The molecule has 1 heterocycles. The molecule has 2 aromatic carbocycles. The fraction of sp³-hybridized carbons (Fsp3) is 0. The molecule has 0 unspecified atom stereocenters. The molecular formula is C15H10ClFN2O. The molecule has 2 N–H and O–H groups in total. The van der Waals surface area contributed by atoms with Gasteiger partial charge >= 0.3 is 0 Å². The number of phenols is 1. The monoisotopic (exact) mass is 288 g/mol. The van der Waals surface area contributed by atoms with Crippen LogP contribution in [0.3, 0.4) is 0 Å². The Balaban J connectivity index is 2.02. The summed E-state index contributed by atoms with van der Waals surface area (Å²) in [7, 11) is 0. The quantitative estimate of drug-likeness (QED) is 0.741. The zero-order chi connectivity index (χ0) is 14.1. The second kappa shape index (κ2) is 4.98. The third kappa shape index (κ3) is 2.26. The van der Waals surface area contributed by atoms with Gasteiger partial charge in [0.1, 0.15) is 11.6 Å². The van der Waals surface area contributed by atoms with E-state index in [4.69, 9.17) is 11.6 Å². The fourth-order valence-corrected chi connectivity index (χ4v) is 2.14. The van der Waals surface area contributed by atoms with E-state index in [0.29, 0.717) is 17.0 Å². The summed E-state index contributed by atoms with van der Waals surface area (Å²) in [5, 5.41) is 17.2. The first-order valence-electron chi connectivity index (χ1n) is 5.94. The van der Waals surface area contributed by atoms with Gasteiger partial charge in [-0.05, 0) is 42.5 Å². The summed E-state index contributed by atoms with van der Waals surface area (Å²) in [5.74, 6) is -0.291. The maximum absolute atomic E-state index is 12.9. The van der Waals surface area contributed by atoms with Gasteiger partial charge in [0.15, 0.2) is 0 Å². The Bertz CT molecular complexity index is 753. The molecule has 20 heavy (non-hydrogen) atoms. The molecule has 3 aromatic rings. The second-order valence-electron chi connectivity index (χ2n) is 4.31. The third-order valence-electron chi connectivity index (χ3n) is 2.99. The number of hydrogen-bond donors (Lipinski definition) is 2. The summed E-state index contributed by atoms with van der Waals surface area (Å²) in [6, 6.07) is 12.9. The van der Waals surface area contributed by atoms with Crippen molar-refractivity contribution in [2.45, 2.75) is 0 Å². The van der Waals surface area contributed by atoms with Crippen molar-refractivity contribution >= 4 is 11.6 Å². The number of aromatic hydroxyl groups is 1. The maximum Gasteiger partial charge on any atom is 0.143 e. The lowest BCUT2D eigenvalue weighted by molar-refractivity contribution is 0.477. The maximum atomic E-state index is 12.9. The minimum absolute atomic E-state index is 0.00322. The smallest absolute Gasteiger partial charge is 0.143 e. The normalized spacial score (nSPS) is 10.7. The van der Waals surface area contributed by atoms with E-state index >= 15 is 0 Å². The van der Waals surface area contributed by atoms with Gasteiger partial charge in [-0.3, -0.25) is 5.10 Å². The number of aromatic amines is 1. The summed E-state index contributed by atoms with van der Waals surface area (Å²) in [4.78, 5) is 0. The molecule has 0 aliphatic heterocycles. The van der Waals surface area contributed by atoms with E-state index in [2.05, 4.69) is 10.2 Å². The number of halogens is 2. The predicted octanol–water partition coefficient (Wildman–Crippen LogP) is 4.24. The van der Waals surface area contributed by atoms with Gasteiger partial charge in [-0.15, -0.1) is 0 Å². The Hall–Kier alpha value is -2.33. The van der Waals surface area contributed by atoms with E-state index < -0.39 is 0 Å². The molecule has 0 saturated carbocycles. The van der Waals surface area contributed by atoms with Gasteiger partial charge in [0.05, 0.1) is 16.4 Å². The van der Waals surface area contributed by atoms with Crippen LogP contribution < -0.4 is 0 Å². The van der Waals surface area contributed by atoms with Crippen LogP contribution in [0.15, 0.2) is 48.5 Å². The van der Waals surface area contributed by atoms with E-state index in [1.807, 2.05) is 0 Å². The van der Waals surface area contributed by atoms with E-state index in [-0.39, 0.29) is 16.6 Å². The molecular weight excluding hydrogens is 279 g/mol. The van der Waals surface area contributed by atoms with Crippen LogP contribution in [0.1, 0.15) is 0 Å². The molecule has 0 spiro atoms. The summed E-state index contributed by atoms with van der Waals surface area (Å²) >= 11 is 5.88. The standard InChI is InChI=1S/C15H10ClFN2O/c16-12-3-1-2-11(15(12)20)14-8-13(18-19-14)9-4-6-10(17)7-5-9/h1-8,20H,(H,18,19). The number of benzene rings is 2. The Kier molecular flexibility index (Phi) is 3.16. The average molecular weight is 289 g/mol. The lowest BCUT2D eigenvalue weighted by Gasteiger charge is -2.02. The third-order valence-corrected chi connectivity index (χ3v) is 3.30. The average Bonchev–Trinajstić information content (AvgIpc) is 2.92. The lowest BCUT2D eigenvalue weighted by Crippen LogP contribution is -1.79. The van der Waals surface area contributed by atoms with Crippen molar-refractivity contribution in [2.24, 2.45) is 0 Å². The van der Waals surface area contributed by atoms with Gasteiger partial charge in [-0.2, -0.15) is 5.10 Å². The van der Waals surface area contributed by atoms with E-state index in [9.17, 15) is 9.50 Å². The van der Waals surface area contributed by atoms with Crippen molar-refractivity contribution in [3.05, 3.63) is 59.4 Å². The number of hydrogen-bond acceptors (Lipinski definition) is 2. The van der Waals surface area contributed by atoms with E-state index in [1.165, 1.54) is 12.1 Å². The number of rotatable bonds is 2. The van der Waals surface area contributed by atoms with Gasteiger partial charge in [-0.1, -0.05) is 17.7 Å². The summed E-state index contributed by atoms with van der Waals surface area (Å²) < 4.78 is 12.9. The van der Waals surface area contributed by atoms with Crippen molar-refractivity contribution in [3.63, 3.8) is 0 Å². The Morgan fingerprint density at radius 1 is 1.10 bits per heavy atom. The first-order chi connectivity index (χ1) is 9.65. The van der Waals surface area contributed by atoms with Crippen molar-refractivity contribution in [1.82, 2.24) is 10.2 Å². The molecule has 1 aromatic heterocycles. The van der Waals surface area contributed by atoms with Crippen molar-refractivity contribution in [2.75, 3.05) is 0 Å². The minimum Gasteiger partial charge on any atom is -0.506 e. The highest BCUT2D eigenvalue weighted by molar-refractivity contribution is 6.32. The van der Waals surface area contributed by atoms with Crippen LogP contribution in [-0.4, -0.2) is 15.3 Å². The molecule has 3 rings (SSSR count). The first-order valence-corrected chi connectivity index (χ1v) is 6.32. The molecule has 0 aliphatic rings. The molecule has 0 atom stereocenters. The number of para-hydroxylation sites is 1. The van der Waals surface area contributed by atoms with Gasteiger partial charge in [0.25, 0.3) is 0 Å². The molecule has 0 bridgehead atoms. The molecule has 100 valence electrons. The fourth-order valence-electron chi connectivity index (χ4n) is 1.96. The number of nitrogens with one attached hydrogen (secondary N) is 1. The Morgan fingerprint density at radius 2 is 1.85 bits per heavy atom. The van der Waals surface area contributed by atoms with Crippen molar-refractivity contribution in [1.29, 1.82) is 0 Å². The van der Waals surface area contributed by atoms with Crippen LogP contribution in [0.25, 0.3) is 22.5 Å². The van der Waals surface area contributed by atoms with Crippen LogP contribution in [0.4, 0.5) is 4.39 Å². The zero-order valence-electron chi connectivity index (χ0n) is 10.3. The van der Waals surface area contributed by atoms with E-state index in [0.717, 1.165) is 5.56 Å². The van der Waals surface area contributed by atoms with Gasteiger partial charge in [0, 0.05) is 11.1 Å². The minimum atomic E-state index is -0.294.